The van der Waals surface area contributed by atoms with Crippen LogP contribution in [0.25, 0.3) is 0 Å². The molecule has 2 atom stereocenters. The molecule has 2 unspecified atom stereocenters. The van der Waals surface area contributed by atoms with Crippen LogP contribution in [0.3, 0.4) is 0 Å². The van der Waals surface area contributed by atoms with E-state index in [1.807, 2.05) is 0 Å². The minimum Gasteiger partial charge on any atom is -0.327 e. The highest BCUT2D eigenvalue weighted by molar-refractivity contribution is 5.05. The van der Waals surface area contributed by atoms with Crippen molar-refractivity contribution >= 4 is 0 Å². The maximum Gasteiger partial charge on any atom is 0.0105 e. The summed E-state index contributed by atoms with van der Waals surface area (Å²) in [5.41, 5.74) is 6.92. The molecule has 1 fully saturated rings. The average molecular weight is 111 g/mol. The van der Waals surface area contributed by atoms with E-state index in [9.17, 15) is 0 Å². The zero-order valence-corrected chi connectivity index (χ0v) is 5.35. The second-order valence-electron chi connectivity index (χ2n) is 2.69. The predicted octanol–water partition coefficient (Wildman–Crippen LogP) is 1.30. The SMILES string of the molecule is C=C(C)C1CCC1N. The summed E-state index contributed by atoms with van der Waals surface area (Å²) in [5.74, 6) is 0.634. The van der Waals surface area contributed by atoms with Gasteiger partial charge in [-0.3, -0.25) is 0 Å². The highest BCUT2D eigenvalue weighted by Crippen LogP contribution is 2.30. The van der Waals surface area contributed by atoms with E-state index < -0.39 is 0 Å². The van der Waals surface area contributed by atoms with E-state index in [0.717, 1.165) is 0 Å². The molecule has 8 heavy (non-hydrogen) atoms. The summed E-state index contributed by atoms with van der Waals surface area (Å²) in [6, 6.07) is 0.424. The van der Waals surface area contributed by atoms with Gasteiger partial charge in [0.25, 0.3) is 0 Å². The largest absolute Gasteiger partial charge is 0.327 e. The van der Waals surface area contributed by atoms with Crippen molar-refractivity contribution < 1.29 is 0 Å². The third kappa shape index (κ3) is 0.781. The fourth-order valence-electron chi connectivity index (χ4n) is 1.14. The maximum atomic E-state index is 5.66. The van der Waals surface area contributed by atoms with Gasteiger partial charge in [-0.25, -0.2) is 0 Å². The van der Waals surface area contributed by atoms with Crippen LogP contribution in [-0.2, 0) is 0 Å². The molecule has 2 N–H and O–H groups in total. The zero-order chi connectivity index (χ0) is 6.15. The molecule has 0 aliphatic heterocycles. The van der Waals surface area contributed by atoms with Crippen molar-refractivity contribution in [3.63, 3.8) is 0 Å². The summed E-state index contributed by atoms with van der Waals surface area (Å²) >= 11 is 0. The maximum absolute atomic E-state index is 5.66. The lowest BCUT2D eigenvalue weighted by molar-refractivity contribution is 0.302. The van der Waals surface area contributed by atoms with Crippen molar-refractivity contribution in [2.24, 2.45) is 11.7 Å². The molecule has 0 aromatic rings. The monoisotopic (exact) mass is 111 g/mol. The quantitative estimate of drug-likeness (QED) is 0.507. The van der Waals surface area contributed by atoms with Gasteiger partial charge in [0.2, 0.25) is 0 Å². The minimum atomic E-state index is 0.424. The highest BCUT2D eigenvalue weighted by atomic mass is 14.7. The van der Waals surface area contributed by atoms with E-state index in [1.54, 1.807) is 0 Å². The lowest BCUT2D eigenvalue weighted by atomic mass is 9.76. The van der Waals surface area contributed by atoms with Crippen molar-refractivity contribution in [1.82, 2.24) is 0 Å². The molecule has 0 aromatic carbocycles. The molecule has 0 amide bonds. The summed E-state index contributed by atoms with van der Waals surface area (Å²) in [5, 5.41) is 0. The molecule has 1 aliphatic carbocycles. The van der Waals surface area contributed by atoms with Gasteiger partial charge in [-0.1, -0.05) is 12.2 Å². The number of hydrogen-bond donors (Lipinski definition) is 1. The van der Waals surface area contributed by atoms with Gasteiger partial charge in [0.1, 0.15) is 0 Å². The van der Waals surface area contributed by atoms with E-state index in [1.165, 1.54) is 18.4 Å². The Morgan fingerprint density at radius 1 is 1.62 bits per heavy atom. The van der Waals surface area contributed by atoms with Gasteiger partial charge in [-0.05, 0) is 25.7 Å². The number of nitrogens with two attached hydrogens (primary N) is 1. The summed E-state index contributed by atoms with van der Waals surface area (Å²) < 4.78 is 0. The molecule has 0 bridgehead atoms. The van der Waals surface area contributed by atoms with Crippen LogP contribution in [0.15, 0.2) is 12.2 Å². The molecule has 1 rings (SSSR count). The fourth-order valence-corrected chi connectivity index (χ4v) is 1.14. The normalized spacial score (nSPS) is 36.2. The third-order valence-electron chi connectivity index (χ3n) is 1.96. The van der Waals surface area contributed by atoms with Gasteiger partial charge >= 0.3 is 0 Å². The van der Waals surface area contributed by atoms with E-state index in [0.29, 0.717) is 12.0 Å². The lowest BCUT2D eigenvalue weighted by Crippen LogP contribution is -2.39. The van der Waals surface area contributed by atoms with E-state index in [4.69, 9.17) is 5.73 Å². The van der Waals surface area contributed by atoms with Crippen LogP contribution >= 0.6 is 0 Å². The topological polar surface area (TPSA) is 26.0 Å². The number of hydrogen-bond acceptors (Lipinski definition) is 1. The first-order chi connectivity index (χ1) is 3.72. The first kappa shape index (κ1) is 5.83. The van der Waals surface area contributed by atoms with Crippen LogP contribution in [0.1, 0.15) is 19.8 Å². The van der Waals surface area contributed by atoms with Crippen molar-refractivity contribution in [3.05, 3.63) is 12.2 Å². The van der Waals surface area contributed by atoms with Gasteiger partial charge in [0.05, 0.1) is 0 Å². The van der Waals surface area contributed by atoms with Crippen LogP contribution in [0.5, 0.6) is 0 Å². The molecule has 1 aliphatic rings. The van der Waals surface area contributed by atoms with Crippen molar-refractivity contribution in [2.45, 2.75) is 25.8 Å². The molecular weight excluding hydrogens is 98.1 g/mol. The summed E-state index contributed by atoms with van der Waals surface area (Å²) in [7, 11) is 0. The zero-order valence-electron chi connectivity index (χ0n) is 5.35. The Labute approximate surface area is 50.6 Å². The molecule has 1 heteroatoms. The molecule has 0 spiro atoms. The Hall–Kier alpha value is -0.300. The highest BCUT2D eigenvalue weighted by Gasteiger charge is 2.27. The summed E-state index contributed by atoms with van der Waals surface area (Å²) in [4.78, 5) is 0. The average Bonchev–Trinajstić information content (AvgIpc) is 1.61. The Morgan fingerprint density at radius 3 is 2.25 bits per heavy atom. The first-order valence-corrected chi connectivity index (χ1v) is 3.13. The van der Waals surface area contributed by atoms with Crippen molar-refractivity contribution in [1.29, 1.82) is 0 Å². The Morgan fingerprint density at radius 2 is 2.25 bits per heavy atom. The Bertz CT molecular complexity index is 107. The van der Waals surface area contributed by atoms with Crippen LogP contribution in [-0.4, -0.2) is 6.04 Å². The van der Waals surface area contributed by atoms with E-state index in [-0.39, 0.29) is 0 Å². The van der Waals surface area contributed by atoms with E-state index >= 15 is 0 Å². The van der Waals surface area contributed by atoms with Crippen LogP contribution in [0, 0.1) is 5.92 Å². The van der Waals surface area contributed by atoms with Gasteiger partial charge in [-0.2, -0.15) is 0 Å². The van der Waals surface area contributed by atoms with Crippen molar-refractivity contribution in [3.8, 4) is 0 Å². The van der Waals surface area contributed by atoms with Gasteiger partial charge in [-0.15, -0.1) is 0 Å². The molecule has 46 valence electrons. The molecule has 1 saturated carbocycles. The standard InChI is InChI=1S/C7H13N/c1-5(2)6-3-4-7(6)8/h6-7H,1,3-4,8H2,2H3. The fraction of sp³-hybridized carbons (Fsp3) is 0.714. The predicted molar refractivity (Wildman–Crippen MR) is 35.5 cm³/mol. The molecular formula is C7H13N. The lowest BCUT2D eigenvalue weighted by Gasteiger charge is -2.33. The van der Waals surface area contributed by atoms with Gasteiger partial charge < -0.3 is 5.73 Å². The van der Waals surface area contributed by atoms with Crippen molar-refractivity contribution in [2.75, 3.05) is 0 Å². The third-order valence-corrected chi connectivity index (χ3v) is 1.96. The van der Waals surface area contributed by atoms with E-state index in [2.05, 4.69) is 13.5 Å². The van der Waals surface area contributed by atoms with Crippen LogP contribution < -0.4 is 5.73 Å². The van der Waals surface area contributed by atoms with Crippen LogP contribution in [0.4, 0.5) is 0 Å². The molecule has 1 nitrogen and oxygen atoms in total. The molecule has 0 saturated heterocycles. The minimum absolute atomic E-state index is 0.424. The summed E-state index contributed by atoms with van der Waals surface area (Å²) in [6.45, 7) is 5.91. The second kappa shape index (κ2) is 1.90. The molecule has 0 heterocycles. The van der Waals surface area contributed by atoms with Crippen LogP contribution in [0.2, 0.25) is 0 Å². The number of rotatable bonds is 1. The smallest absolute Gasteiger partial charge is 0.0105 e. The summed E-state index contributed by atoms with van der Waals surface area (Å²) in [6.07, 6.45) is 2.45. The second-order valence-corrected chi connectivity index (χ2v) is 2.69. The Balaban J connectivity index is 2.37. The Kier molecular flexibility index (Phi) is 1.39. The molecule has 0 aromatic heterocycles. The van der Waals surface area contributed by atoms with Gasteiger partial charge in [0.15, 0.2) is 0 Å². The molecule has 0 radical (unpaired) electrons. The first-order valence-electron chi connectivity index (χ1n) is 3.13. The van der Waals surface area contributed by atoms with Gasteiger partial charge in [0, 0.05) is 6.04 Å².